The molecule has 0 aliphatic carbocycles. The number of carbonyl (C=O) groups excluding carboxylic acids is 2. The second-order valence-corrected chi connectivity index (χ2v) is 11.8. The quantitative estimate of drug-likeness (QED) is 0.281. The van der Waals surface area contributed by atoms with E-state index in [1.54, 1.807) is 46.9 Å². The van der Waals surface area contributed by atoms with Gasteiger partial charge in [-0.2, -0.15) is 0 Å². The van der Waals surface area contributed by atoms with Crippen molar-refractivity contribution in [2.75, 3.05) is 0 Å². The van der Waals surface area contributed by atoms with Gasteiger partial charge in [-0.25, -0.2) is 9.97 Å². The van der Waals surface area contributed by atoms with Gasteiger partial charge in [0.15, 0.2) is 0 Å². The summed E-state index contributed by atoms with van der Waals surface area (Å²) in [4.78, 5) is 35.4. The van der Waals surface area contributed by atoms with Gasteiger partial charge in [-0.15, -0.1) is 22.7 Å². The number of hydrogen-bond donors (Lipinski definition) is 2. The van der Waals surface area contributed by atoms with E-state index in [4.69, 9.17) is 0 Å². The number of amides is 2. The summed E-state index contributed by atoms with van der Waals surface area (Å²) in [6.07, 6.45) is 0. The minimum absolute atomic E-state index is 0.221. The first kappa shape index (κ1) is 24.1. The molecule has 0 saturated carbocycles. The lowest BCUT2D eigenvalue weighted by atomic mass is 10.0. The van der Waals surface area contributed by atoms with Crippen LogP contribution in [0.25, 0.3) is 20.4 Å². The van der Waals surface area contributed by atoms with Crippen molar-refractivity contribution in [1.82, 2.24) is 20.6 Å². The standard InChI is InChI=1S/C28H26N4O2S2/c1-27(2,25-29-19-9-5-7-11-21(19)35-25)31-23(33)17-13-15-18(16-14-17)24(34)32-28(3,4)26-30-20-10-6-8-12-22(20)36-26/h5-16H,1-4H3,(H,31,33)(H,32,34). The Balaban J connectivity index is 1.27. The molecule has 0 aliphatic heterocycles. The smallest absolute Gasteiger partial charge is 0.252 e. The normalized spacial score (nSPS) is 12.1. The summed E-state index contributed by atoms with van der Waals surface area (Å²) in [7, 11) is 0. The fourth-order valence-corrected chi connectivity index (χ4v) is 5.92. The van der Waals surface area contributed by atoms with E-state index in [1.807, 2.05) is 76.2 Å². The fourth-order valence-electron chi connectivity index (χ4n) is 3.87. The number of para-hydroxylation sites is 2. The lowest BCUT2D eigenvalue weighted by Gasteiger charge is -2.24. The van der Waals surface area contributed by atoms with Gasteiger partial charge in [-0.05, 0) is 76.2 Å². The molecule has 0 saturated heterocycles. The third-order valence-electron chi connectivity index (χ3n) is 5.92. The maximum Gasteiger partial charge on any atom is 0.252 e. The van der Waals surface area contributed by atoms with E-state index < -0.39 is 11.1 Å². The van der Waals surface area contributed by atoms with Crippen molar-refractivity contribution in [2.24, 2.45) is 0 Å². The highest BCUT2D eigenvalue weighted by Gasteiger charge is 2.29. The zero-order chi connectivity index (χ0) is 25.5. The van der Waals surface area contributed by atoms with Crippen molar-refractivity contribution in [1.29, 1.82) is 0 Å². The molecule has 6 nitrogen and oxygen atoms in total. The van der Waals surface area contributed by atoms with Crippen molar-refractivity contribution in [3.8, 4) is 0 Å². The van der Waals surface area contributed by atoms with Gasteiger partial charge < -0.3 is 10.6 Å². The number of thiazole rings is 2. The first-order valence-electron chi connectivity index (χ1n) is 11.6. The Morgan fingerprint density at radius 1 is 0.611 bits per heavy atom. The fraction of sp³-hybridized carbons (Fsp3) is 0.214. The number of carbonyl (C=O) groups is 2. The topological polar surface area (TPSA) is 84.0 Å². The van der Waals surface area contributed by atoms with Crippen molar-refractivity contribution in [2.45, 2.75) is 38.8 Å². The maximum atomic E-state index is 13.0. The number of rotatable bonds is 6. The molecule has 0 atom stereocenters. The Morgan fingerprint density at radius 2 is 0.972 bits per heavy atom. The number of benzene rings is 3. The van der Waals surface area contributed by atoms with Gasteiger partial charge >= 0.3 is 0 Å². The summed E-state index contributed by atoms with van der Waals surface area (Å²) in [5, 5.41) is 7.82. The average molecular weight is 515 g/mol. The Kier molecular flexibility index (Phi) is 6.10. The van der Waals surface area contributed by atoms with Crippen molar-refractivity contribution >= 4 is 54.9 Å². The van der Waals surface area contributed by atoms with E-state index in [0.717, 1.165) is 30.4 Å². The maximum absolute atomic E-state index is 13.0. The van der Waals surface area contributed by atoms with Crippen LogP contribution in [-0.4, -0.2) is 21.8 Å². The van der Waals surface area contributed by atoms with Crippen molar-refractivity contribution in [3.05, 3.63) is 93.9 Å². The molecule has 0 bridgehead atoms. The second-order valence-electron chi connectivity index (χ2n) is 9.71. The third kappa shape index (κ3) is 4.74. The molecule has 5 aromatic rings. The molecule has 2 N–H and O–H groups in total. The van der Waals surface area contributed by atoms with Gasteiger partial charge in [0.2, 0.25) is 0 Å². The van der Waals surface area contributed by atoms with E-state index >= 15 is 0 Å². The van der Waals surface area contributed by atoms with Crippen molar-refractivity contribution < 1.29 is 9.59 Å². The van der Waals surface area contributed by atoms with Gasteiger partial charge in [-0.1, -0.05) is 24.3 Å². The Morgan fingerprint density at radius 3 is 1.33 bits per heavy atom. The number of aromatic nitrogens is 2. The minimum Gasteiger partial charge on any atom is -0.341 e. The molecule has 8 heteroatoms. The SMILES string of the molecule is CC(C)(NC(=O)c1ccc(C(=O)NC(C)(C)c2nc3ccccc3s2)cc1)c1nc2ccccc2s1. The molecule has 0 unspecified atom stereocenters. The van der Waals surface area contributed by atoms with Gasteiger partial charge in [0, 0.05) is 11.1 Å². The molecule has 0 aliphatic rings. The first-order chi connectivity index (χ1) is 17.1. The Bertz CT molecular complexity index is 1400. The molecule has 2 heterocycles. The van der Waals surface area contributed by atoms with Gasteiger partial charge in [0.1, 0.15) is 10.0 Å². The molecular formula is C28H26N4O2S2. The first-order valence-corrected chi connectivity index (χ1v) is 13.2. The van der Waals surface area contributed by atoms with Crippen LogP contribution in [0.4, 0.5) is 0 Å². The lowest BCUT2D eigenvalue weighted by molar-refractivity contribution is 0.0899. The number of hydrogen-bond acceptors (Lipinski definition) is 6. The van der Waals surface area contributed by atoms with Crippen LogP contribution in [0.5, 0.6) is 0 Å². The van der Waals surface area contributed by atoms with Crippen LogP contribution in [0.15, 0.2) is 72.8 Å². The highest BCUT2D eigenvalue weighted by Crippen LogP contribution is 2.31. The van der Waals surface area contributed by atoms with Crippen LogP contribution in [0.1, 0.15) is 58.4 Å². The molecular weight excluding hydrogens is 488 g/mol. The third-order valence-corrected chi connectivity index (χ3v) is 8.64. The summed E-state index contributed by atoms with van der Waals surface area (Å²) >= 11 is 3.14. The van der Waals surface area contributed by atoms with E-state index in [0.29, 0.717) is 11.1 Å². The van der Waals surface area contributed by atoms with E-state index in [2.05, 4.69) is 20.6 Å². The summed E-state index contributed by atoms with van der Waals surface area (Å²) in [5.41, 5.74) is 1.51. The summed E-state index contributed by atoms with van der Waals surface area (Å²) < 4.78 is 2.16. The average Bonchev–Trinajstić information content (AvgIpc) is 3.49. The summed E-state index contributed by atoms with van der Waals surface area (Å²) in [6.45, 7) is 7.76. The summed E-state index contributed by atoms with van der Waals surface area (Å²) in [6, 6.07) is 22.5. The van der Waals surface area contributed by atoms with Gasteiger partial charge in [-0.3, -0.25) is 9.59 Å². The van der Waals surface area contributed by atoms with Crippen LogP contribution in [-0.2, 0) is 11.1 Å². The molecule has 2 amide bonds. The van der Waals surface area contributed by atoms with E-state index in [9.17, 15) is 9.59 Å². The summed E-state index contributed by atoms with van der Waals surface area (Å²) in [5.74, 6) is -0.443. The zero-order valence-corrected chi connectivity index (χ0v) is 22.1. The molecule has 2 aromatic heterocycles. The number of nitrogens with zero attached hydrogens (tertiary/aromatic N) is 2. The highest BCUT2D eigenvalue weighted by atomic mass is 32.1. The Hall–Kier alpha value is -3.62. The highest BCUT2D eigenvalue weighted by molar-refractivity contribution is 7.19. The van der Waals surface area contributed by atoms with E-state index in [-0.39, 0.29) is 11.8 Å². The monoisotopic (exact) mass is 514 g/mol. The van der Waals surface area contributed by atoms with Crippen LogP contribution < -0.4 is 10.6 Å². The van der Waals surface area contributed by atoms with Crippen molar-refractivity contribution in [3.63, 3.8) is 0 Å². The predicted octanol–water partition coefficient (Wildman–Crippen LogP) is 6.24. The van der Waals surface area contributed by atoms with E-state index in [1.165, 1.54) is 0 Å². The Labute approximate surface area is 217 Å². The largest absolute Gasteiger partial charge is 0.341 e. The molecule has 0 fully saturated rings. The lowest BCUT2D eigenvalue weighted by Crippen LogP contribution is -2.41. The number of fused-ring (bicyclic) bond motifs is 2. The molecule has 5 rings (SSSR count). The minimum atomic E-state index is -0.641. The zero-order valence-electron chi connectivity index (χ0n) is 20.5. The second kappa shape index (κ2) is 9.11. The van der Waals surface area contributed by atoms with Crippen LogP contribution in [0.3, 0.4) is 0 Å². The molecule has 0 radical (unpaired) electrons. The van der Waals surface area contributed by atoms with Crippen LogP contribution in [0.2, 0.25) is 0 Å². The predicted molar refractivity (Wildman–Crippen MR) is 147 cm³/mol. The molecule has 36 heavy (non-hydrogen) atoms. The molecule has 182 valence electrons. The van der Waals surface area contributed by atoms with Gasteiger partial charge in [0.25, 0.3) is 11.8 Å². The van der Waals surface area contributed by atoms with Crippen LogP contribution >= 0.6 is 22.7 Å². The number of nitrogens with one attached hydrogen (secondary N) is 2. The van der Waals surface area contributed by atoms with Crippen LogP contribution in [0, 0.1) is 0 Å². The van der Waals surface area contributed by atoms with Gasteiger partial charge in [0.05, 0.1) is 31.5 Å². The molecule has 0 spiro atoms. The molecule has 3 aromatic carbocycles.